The van der Waals surface area contributed by atoms with Crippen molar-refractivity contribution in [1.82, 2.24) is 0 Å². The maximum Gasteiger partial charge on any atom is 0.362 e. The maximum atomic E-state index is 12.8. The van der Waals surface area contributed by atoms with Crippen LogP contribution in [0, 0.1) is 0 Å². The van der Waals surface area contributed by atoms with Crippen molar-refractivity contribution in [2.24, 2.45) is 0 Å². The van der Waals surface area contributed by atoms with E-state index in [0.717, 1.165) is 77.0 Å². The molecule has 0 aliphatic rings. The van der Waals surface area contributed by atoms with Gasteiger partial charge in [-0.1, -0.05) is 193 Å². The molecule has 0 spiro atoms. The van der Waals surface area contributed by atoms with Crippen molar-refractivity contribution in [3.63, 3.8) is 0 Å². The third-order valence-corrected chi connectivity index (χ3v) is 10.3. The molecule has 64 heavy (non-hydrogen) atoms. The quantitative estimate of drug-likeness (QED) is 0.0214. The topological polar surface area (TPSA) is 99.1 Å². The Balaban J connectivity index is 4.35. The van der Waals surface area contributed by atoms with E-state index in [1.165, 1.54) is 44.9 Å². The van der Waals surface area contributed by atoms with Gasteiger partial charge in [0.2, 0.25) is 0 Å². The van der Waals surface area contributed by atoms with E-state index in [0.29, 0.717) is 19.3 Å². The molecule has 0 amide bonds. The van der Waals surface area contributed by atoms with Crippen LogP contribution in [0.15, 0.2) is 122 Å². The zero-order valence-electron chi connectivity index (χ0n) is 40.9. The van der Waals surface area contributed by atoms with Crippen molar-refractivity contribution in [2.75, 3.05) is 41.0 Å². The Hall–Kier alpha value is -4.27. The molecule has 8 nitrogen and oxygen atoms in total. The van der Waals surface area contributed by atoms with Crippen LogP contribution < -0.4 is 0 Å². The molecule has 0 aliphatic carbocycles. The third-order valence-electron chi connectivity index (χ3n) is 10.3. The highest BCUT2D eigenvalue weighted by molar-refractivity contribution is 5.72. The standard InChI is InChI=1S/C56H89NO7/c1-6-8-10-12-14-16-18-20-22-24-25-26-27-28-29-31-32-34-36-38-40-42-44-46-54(58)63-51-52(50-62-49-48-53(56(60)61)57(3,4)5)64-55(59)47-45-43-41-39-37-35-33-30-23-21-19-17-15-13-11-9-7-2/h8-11,13-17,19-23,25-26,30,33,35,37,52-53H,6-7,12,18,24,27-29,31-32,34,36,38-51H2,1-5H3/p+1/b10-8+,11-9+,15-13+,16-14+,19-17+,22-20+,23-21+,26-25+,33-30+,37-35+. The zero-order valence-corrected chi connectivity index (χ0v) is 40.9. The van der Waals surface area contributed by atoms with Gasteiger partial charge in [0.05, 0.1) is 34.4 Å². The molecule has 0 aromatic heterocycles. The van der Waals surface area contributed by atoms with Crippen LogP contribution in [0.4, 0.5) is 0 Å². The number of carboxylic acid groups (broad SMARTS) is 1. The Labute approximate surface area is 391 Å². The van der Waals surface area contributed by atoms with Crippen LogP contribution in [0.2, 0.25) is 0 Å². The van der Waals surface area contributed by atoms with Gasteiger partial charge in [-0.3, -0.25) is 9.59 Å². The van der Waals surface area contributed by atoms with Crippen LogP contribution in [0.25, 0.3) is 0 Å². The first kappa shape index (κ1) is 59.7. The van der Waals surface area contributed by atoms with Crippen molar-refractivity contribution >= 4 is 17.9 Å². The summed E-state index contributed by atoms with van der Waals surface area (Å²) in [5.41, 5.74) is 0. The van der Waals surface area contributed by atoms with Crippen LogP contribution in [-0.4, -0.2) is 80.6 Å². The Bertz CT molecular complexity index is 1450. The number of unbranched alkanes of at least 4 members (excludes halogenated alkanes) is 13. The molecule has 8 heteroatoms. The van der Waals surface area contributed by atoms with Crippen molar-refractivity contribution in [3.8, 4) is 0 Å². The van der Waals surface area contributed by atoms with Gasteiger partial charge in [-0.15, -0.1) is 0 Å². The summed E-state index contributed by atoms with van der Waals surface area (Å²) in [5, 5.41) is 9.65. The van der Waals surface area contributed by atoms with Gasteiger partial charge >= 0.3 is 17.9 Å². The largest absolute Gasteiger partial charge is 0.477 e. The van der Waals surface area contributed by atoms with Gasteiger partial charge in [0.15, 0.2) is 12.1 Å². The highest BCUT2D eigenvalue weighted by atomic mass is 16.6. The van der Waals surface area contributed by atoms with Crippen LogP contribution in [0.3, 0.4) is 0 Å². The Morgan fingerprint density at radius 2 is 0.906 bits per heavy atom. The Morgan fingerprint density at radius 3 is 1.42 bits per heavy atom. The molecule has 0 aliphatic heterocycles. The van der Waals surface area contributed by atoms with E-state index in [1.807, 2.05) is 81.9 Å². The molecule has 0 rings (SSSR count). The summed E-state index contributed by atoms with van der Waals surface area (Å²) < 4.78 is 17.3. The van der Waals surface area contributed by atoms with Crippen LogP contribution in [-0.2, 0) is 28.6 Å². The number of ether oxygens (including phenoxy) is 3. The summed E-state index contributed by atoms with van der Waals surface area (Å²) in [5.74, 6) is -1.55. The Kier molecular flexibility index (Phi) is 42.3. The number of hydrogen-bond acceptors (Lipinski definition) is 6. The molecule has 1 N–H and O–H groups in total. The fourth-order valence-electron chi connectivity index (χ4n) is 6.53. The van der Waals surface area contributed by atoms with Gasteiger partial charge in [-0.05, 0) is 70.6 Å². The average Bonchev–Trinajstić information content (AvgIpc) is 3.26. The normalized spacial score (nSPS) is 14.0. The summed E-state index contributed by atoms with van der Waals surface area (Å²) in [4.78, 5) is 37.1. The van der Waals surface area contributed by atoms with Crippen molar-refractivity contribution in [2.45, 2.75) is 174 Å². The van der Waals surface area contributed by atoms with E-state index in [9.17, 15) is 19.5 Å². The number of hydrogen-bond donors (Lipinski definition) is 1. The first-order chi connectivity index (χ1) is 31.1. The SMILES string of the molecule is CC/C=C/C=C/C=C/C=C/C=C/C=C/CCCCCC(=O)OC(COCCC(C(=O)O)[N+](C)(C)C)COC(=O)CCCCCCCCCCCC/C=C/C/C=C/C/C=C/C/C=C/CC. The lowest BCUT2D eigenvalue weighted by molar-refractivity contribution is -0.887. The number of carboxylic acids is 1. The molecular formula is C56H90NO7+. The third kappa shape index (κ3) is 43.0. The first-order valence-electron chi connectivity index (χ1n) is 24.7. The molecule has 0 aromatic rings. The number of carbonyl (C=O) groups excluding carboxylic acids is 2. The molecule has 0 heterocycles. The fourth-order valence-corrected chi connectivity index (χ4v) is 6.53. The lowest BCUT2D eigenvalue weighted by atomic mass is 10.1. The molecule has 0 radical (unpaired) electrons. The van der Waals surface area contributed by atoms with E-state index in [4.69, 9.17) is 14.2 Å². The molecule has 360 valence electrons. The lowest BCUT2D eigenvalue weighted by Gasteiger charge is -2.31. The summed E-state index contributed by atoms with van der Waals surface area (Å²) in [6.07, 6.45) is 63.9. The predicted molar refractivity (Wildman–Crippen MR) is 270 cm³/mol. The van der Waals surface area contributed by atoms with Gasteiger partial charge in [-0.25, -0.2) is 4.79 Å². The summed E-state index contributed by atoms with van der Waals surface area (Å²) in [6, 6.07) is -0.632. The van der Waals surface area contributed by atoms with E-state index in [1.54, 1.807) is 0 Å². The number of quaternary nitrogens is 1. The second-order valence-corrected chi connectivity index (χ2v) is 17.1. The number of esters is 2. The maximum absolute atomic E-state index is 12.8. The van der Waals surface area contributed by atoms with Gasteiger partial charge in [0, 0.05) is 19.3 Å². The highest BCUT2D eigenvalue weighted by Crippen LogP contribution is 2.14. The smallest absolute Gasteiger partial charge is 0.362 e. The molecule has 2 unspecified atom stereocenters. The van der Waals surface area contributed by atoms with Gasteiger partial charge < -0.3 is 23.8 Å². The molecule has 0 bridgehead atoms. The van der Waals surface area contributed by atoms with Crippen LogP contribution in [0.5, 0.6) is 0 Å². The molecule has 0 saturated carbocycles. The number of carbonyl (C=O) groups is 3. The van der Waals surface area contributed by atoms with Gasteiger partial charge in [-0.2, -0.15) is 0 Å². The number of rotatable bonds is 42. The number of allylic oxidation sites excluding steroid dienone is 20. The summed E-state index contributed by atoms with van der Waals surface area (Å²) in [6.45, 7) is 4.41. The molecule has 0 saturated heterocycles. The van der Waals surface area contributed by atoms with E-state index >= 15 is 0 Å². The van der Waals surface area contributed by atoms with Crippen molar-refractivity contribution < 1.29 is 38.2 Å². The lowest BCUT2D eigenvalue weighted by Crippen LogP contribution is -2.50. The van der Waals surface area contributed by atoms with Crippen molar-refractivity contribution in [1.29, 1.82) is 0 Å². The number of aliphatic carboxylic acids is 1. The fraction of sp³-hybridized carbons (Fsp3) is 0.589. The monoisotopic (exact) mass is 889 g/mol. The van der Waals surface area contributed by atoms with E-state index in [-0.39, 0.29) is 42.7 Å². The minimum absolute atomic E-state index is 0.0330. The Morgan fingerprint density at radius 1 is 0.484 bits per heavy atom. The van der Waals surface area contributed by atoms with E-state index < -0.39 is 18.1 Å². The molecule has 0 fully saturated rings. The minimum atomic E-state index is -0.889. The zero-order chi connectivity index (χ0) is 47.0. The molecule has 2 atom stereocenters. The van der Waals surface area contributed by atoms with Crippen LogP contribution in [0.1, 0.15) is 162 Å². The number of likely N-dealkylation sites (N-methyl/N-ethyl adjacent to an activating group) is 1. The first-order valence-corrected chi connectivity index (χ1v) is 24.7. The van der Waals surface area contributed by atoms with Gasteiger partial charge in [0.1, 0.15) is 6.61 Å². The second kappa shape index (κ2) is 45.3. The summed E-state index contributed by atoms with van der Waals surface area (Å²) >= 11 is 0. The average molecular weight is 889 g/mol. The van der Waals surface area contributed by atoms with E-state index in [2.05, 4.69) is 74.6 Å². The molecular weight excluding hydrogens is 799 g/mol. The second-order valence-electron chi connectivity index (χ2n) is 17.1. The minimum Gasteiger partial charge on any atom is -0.477 e. The predicted octanol–water partition coefficient (Wildman–Crippen LogP) is 14.2. The number of nitrogens with zero attached hydrogens (tertiary/aromatic N) is 1. The molecule has 0 aromatic carbocycles. The summed E-state index contributed by atoms with van der Waals surface area (Å²) in [7, 11) is 5.50. The van der Waals surface area contributed by atoms with Crippen LogP contribution >= 0.6 is 0 Å². The van der Waals surface area contributed by atoms with Gasteiger partial charge in [0.25, 0.3) is 0 Å². The highest BCUT2D eigenvalue weighted by Gasteiger charge is 2.31. The van der Waals surface area contributed by atoms with Crippen molar-refractivity contribution in [3.05, 3.63) is 122 Å².